The summed E-state index contributed by atoms with van der Waals surface area (Å²) in [5, 5.41) is 3.71. The van der Waals surface area contributed by atoms with Gasteiger partial charge >= 0.3 is 5.97 Å². The number of esters is 1. The number of ether oxygens (including phenoxy) is 2. The number of hydrogen-bond acceptors (Lipinski definition) is 6. The quantitative estimate of drug-likeness (QED) is 0.230. The minimum absolute atomic E-state index is 0.00756. The van der Waals surface area contributed by atoms with E-state index in [1.807, 2.05) is 0 Å². The van der Waals surface area contributed by atoms with Crippen molar-refractivity contribution in [1.82, 2.24) is 0 Å². The molecule has 1 saturated carbocycles. The Morgan fingerprint density at radius 2 is 1.90 bits per heavy atom. The minimum Gasteiger partial charge on any atom is -0.461 e. The zero-order chi connectivity index (χ0) is 15.0. The van der Waals surface area contributed by atoms with Crippen LogP contribution < -0.4 is 0 Å². The number of methoxy groups -OCH3 is 1. The molecular formula is C13H20BrNO5. The van der Waals surface area contributed by atoms with Crippen LogP contribution in [0.25, 0.3) is 0 Å². The number of carbonyl (C=O) groups is 2. The fourth-order valence-corrected chi connectivity index (χ4v) is 2.30. The molecule has 0 saturated heterocycles. The van der Waals surface area contributed by atoms with Crippen molar-refractivity contribution in [2.75, 3.05) is 19.0 Å². The molecule has 0 aromatic heterocycles. The molecule has 0 N–H and O–H groups in total. The third-order valence-electron chi connectivity index (χ3n) is 3.08. The molecule has 1 aliphatic carbocycles. The molecule has 0 heterocycles. The Hall–Kier alpha value is -0.950. The number of hydrogen-bond donors (Lipinski definition) is 0. The lowest BCUT2D eigenvalue weighted by Crippen LogP contribution is -2.34. The van der Waals surface area contributed by atoms with Crippen LogP contribution in [0.3, 0.4) is 0 Å². The number of halogens is 1. The number of rotatable bonds is 7. The maximum atomic E-state index is 11.7. The van der Waals surface area contributed by atoms with E-state index in [0.717, 1.165) is 25.7 Å². The van der Waals surface area contributed by atoms with Gasteiger partial charge in [-0.05, 0) is 26.2 Å². The Morgan fingerprint density at radius 3 is 2.45 bits per heavy atom. The molecule has 0 aliphatic heterocycles. The highest BCUT2D eigenvalue weighted by atomic mass is 79.9. The number of nitrogens with zero attached hydrogens (tertiary/aromatic N) is 1. The summed E-state index contributed by atoms with van der Waals surface area (Å²) in [5.41, 5.74) is -0.316. The first-order chi connectivity index (χ1) is 9.63. The Bertz CT molecular complexity index is 372. The Labute approximate surface area is 126 Å². The molecule has 6 nitrogen and oxygen atoms in total. The van der Waals surface area contributed by atoms with Crippen molar-refractivity contribution in [3.8, 4) is 0 Å². The van der Waals surface area contributed by atoms with Gasteiger partial charge in [-0.15, -0.1) is 0 Å². The van der Waals surface area contributed by atoms with Gasteiger partial charge in [-0.2, -0.15) is 0 Å². The smallest absolute Gasteiger partial charge is 0.364 e. The van der Waals surface area contributed by atoms with Gasteiger partial charge in [0.2, 0.25) is 11.5 Å². The number of carbonyl (C=O) groups excluding carboxylic acids is 2. The number of alkyl halides is 1. The molecule has 114 valence electrons. The van der Waals surface area contributed by atoms with Crippen molar-refractivity contribution in [1.29, 1.82) is 0 Å². The molecule has 7 heteroatoms. The second-order valence-corrected chi connectivity index (χ2v) is 4.98. The molecule has 2 atom stereocenters. The summed E-state index contributed by atoms with van der Waals surface area (Å²) in [6.07, 6.45) is 3.48. The summed E-state index contributed by atoms with van der Waals surface area (Å²) in [6.45, 7) is 1.84. The van der Waals surface area contributed by atoms with E-state index in [2.05, 4.69) is 21.1 Å². The monoisotopic (exact) mass is 349 g/mol. The molecule has 0 aromatic rings. The summed E-state index contributed by atoms with van der Waals surface area (Å²) in [6, 6.07) is 0. The lowest BCUT2D eigenvalue weighted by molar-refractivity contribution is -0.136. The van der Waals surface area contributed by atoms with Crippen molar-refractivity contribution >= 4 is 33.4 Å². The van der Waals surface area contributed by atoms with E-state index in [9.17, 15) is 9.59 Å². The van der Waals surface area contributed by atoms with Crippen molar-refractivity contribution in [3.05, 3.63) is 0 Å². The third-order valence-corrected chi connectivity index (χ3v) is 3.59. The van der Waals surface area contributed by atoms with E-state index in [1.165, 1.54) is 0 Å². The summed E-state index contributed by atoms with van der Waals surface area (Å²) in [4.78, 5) is 28.7. The van der Waals surface area contributed by atoms with Gasteiger partial charge in [0.05, 0.1) is 18.0 Å². The second kappa shape index (κ2) is 9.07. The summed E-state index contributed by atoms with van der Waals surface area (Å²) in [5.74, 6) is -1.23. The maximum Gasteiger partial charge on any atom is 0.364 e. The maximum absolute atomic E-state index is 11.7. The van der Waals surface area contributed by atoms with Crippen LogP contribution in [0.2, 0.25) is 0 Å². The van der Waals surface area contributed by atoms with Crippen molar-refractivity contribution < 1.29 is 23.9 Å². The van der Waals surface area contributed by atoms with Crippen LogP contribution in [0.4, 0.5) is 0 Å². The average molecular weight is 350 g/mol. The fourth-order valence-electron chi connectivity index (χ4n) is 2.04. The van der Waals surface area contributed by atoms with E-state index < -0.39 is 11.8 Å². The van der Waals surface area contributed by atoms with E-state index in [4.69, 9.17) is 14.3 Å². The standard InChI is InChI=1S/C13H20BrNO5/c1-3-19-13(17)12(9(16)8-14)15-20-11-7-5-4-6-10(11)18-2/h10-11H,3-8H2,1-2H3/b15-12+. The first-order valence-corrected chi connectivity index (χ1v) is 7.79. The molecular weight excluding hydrogens is 330 g/mol. The lowest BCUT2D eigenvalue weighted by Gasteiger charge is -2.28. The molecule has 1 fully saturated rings. The van der Waals surface area contributed by atoms with Crippen LogP contribution in [0.5, 0.6) is 0 Å². The van der Waals surface area contributed by atoms with E-state index in [1.54, 1.807) is 14.0 Å². The highest BCUT2D eigenvalue weighted by Gasteiger charge is 2.28. The molecule has 0 amide bonds. The highest BCUT2D eigenvalue weighted by Crippen LogP contribution is 2.23. The van der Waals surface area contributed by atoms with Gasteiger partial charge in [0.25, 0.3) is 0 Å². The number of ketones is 1. The van der Waals surface area contributed by atoms with Crippen molar-refractivity contribution in [3.63, 3.8) is 0 Å². The topological polar surface area (TPSA) is 74.2 Å². The molecule has 0 spiro atoms. The Morgan fingerprint density at radius 1 is 1.25 bits per heavy atom. The van der Waals surface area contributed by atoms with Crippen LogP contribution in [0.1, 0.15) is 32.6 Å². The van der Waals surface area contributed by atoms with Gasteiger partial charge in [-0.25, -0.2) is 4.79 Å². The molecule has 0 bridgehead atoms. The zero-order valence-electron chi connectivity index (χ0n) is 11.8. The predicted molar refractivity (Wildman–Crippen MR) is 77.0 cm³/mol. The largest absolute Gasteiger partial charge is 0.461 e. The molecule has 1 rings (SSSR count). The minimum atomic E-state index is -0.762. The van der Waals surface area contributed by atoms with Crippen molar-refractivity contribution in [2.45, 2.75) is 44.8 Å². The molecule has 0 radical (unpaired) electrons. The van der Waals surface area contributed by atoms with Crippen LogP contribution in [0, 0.1) is 0 Å². The number of oxime groups is 1. The molecule has 1 aliphatic rings. The van der Waals surface area contributed by atoms with Gasteiger partial charge in [-0.3, -0.25) is 4.79 Å². The Kier molecular flexibility index (Phi) is 7.76. The van der Waals surface area contributed by atoms with Crippen LogP contribution in [0.15, 0.2) is 5.16 Å². The first-order valence-electron chi connectivity index (χ1n) is 6.66. The summed E-state index contributed by atoms with van der Waals surface area (Å²) < 4.78 is 10.1. The van der Waals surface area contributed by atoms with Crippen molar-refractivity contribution in [2.24, 2.45) is 5.16 Å². The summed E-state index contributed by atoms with van der Waals surface area (Å²) in [7, 11) is 1.62. The lowest BCUT2D eigenvalue weighted by atomic mass is 9.95. The predicted octanol–water partition coefficient (Wildman–Crippen LogP) is 1.84. The normalized spacial score (nSPS) is 23.2. The van der Waals surface area contributed by atoms with Crippen LogP contribution in [-0.2, 0) is 23.9 Å². The molecule has 20 heavy (non-hydrogen) atoms. The Balaban J connectivity index is 2.74. The van der Waals surface area contributed by atoms with E-state index in [0.29, 0.717) is 0 Å². The van der Waals surface area contributed by atoms with Gasteiger partial charge in [0.15, 0.2) is 6.10 Å². The second-order valence-electron chi connectivity index (χ2n) is 4.42. The van der Waals surface area contributed by atoms with Crippen LogP contribution in [-0.4, -0.2) is 48.7 Å². The number of Topliss-reactive ketones (excluding diaryl/α,β-unsaturated/α-hetero) is 1. The van der Waals surface area contributed by atoms with Crippen LogP contribution >= 0.6 is 15.9 Å². The molecule has 0 aromatic carbocycles. The van der Waals surface area contributed by atoms with Gasteiger partial charge in [0.1, 0.15) is 0 Å². The highest BCUT2D eigenvalue weighted by molar-refractivity contribution is 9.09. The summed E-state index contributed by atoms with van der Waals surface area (Å²) >= 11 is 3.01. The van der Waals surface area contributed by atoms with Gasteiger partial charge in [-0.1, -0.05) is 27.5 Å². The first kappa shape index (κ1) is 17.1. The zero-order valence-corrected chi connectivity index (χ0v) is 13.3. The fraction of sp³-hybridized carbons (Fsp3) is 0.769. The molecule has 2 unspecified atom stereocenters. The SMILES string of the molecule is CCOC(=O)/C(=N/OC1CCCCC1OC)C(=O)CBr. The van der Waals surface area contributed by atoms with Gasteiger partial charge < -0.3 is 14.3 Å². The third kappa shape index (κ3) is 4.86. The van der Waals surface area contributed by atoms with E-state index >= 15 is 0 Å². The average Bonchev–Trinajstić information content (AvgIpc) is 2.47. The van der Waals surface area contributed by atoms with E-state index in [-0.39, 0.29) is 29.9 Å². The van der Waals surface area contributed by atoms with Gasteiger partial charge in [0, 0.05) is 7.11 Å².